The molecule has 0 fully saturated rings. The zero-order chi connectivity index (χ0) is 14.0. The summed E-state index contributed by atoms with van der Waals surface area (Å²) in [4.78, 5) is 11.8. The number of hydrogen-bond donors (Lipinski definition) is 2. The molecule has 0 bridgehead atoms. The van der Waals surface area contributed by atoms with Gasteiger partial charge in [0.1, 0.15) is 11.6 Å². The zero-order valence-corrected chi connectivity index (χ0v) is 11.2. The Kier molecular flexibility index (Phi) is 3.55. The molecule has 1 aromatic carbocycles. The van der Waals surface area contributed by atoms with Gasteiger partial charge in [-0.05, 0) is 35.2 Å². The molecule has 2 aromatic rings. The van der Waals surface area contributed by atoms with Crippen LogP contribution in [-0.4, -0.2) is 17.3 Å². The number of nitrogens with one attached hydrogen (secondary N) is 1. The highest BCUT2D eigenvalue weighted by molar-refractivity contribution is 5.67. The van der Waals surface area contributed by atoms with Crippen LogP contribution in [0.4, 0.5) is 5.82 Å². The monoisotopic (exact) mass is 259 g/mol. The molecule has 0 saturated carbocycles. The lowest BCUT2D eigenvalue weighted by molar-refractivity contribution is 0.407. The van der Waals surface area contributed by atoms with E-state index < -0.39 is 0 Å². The van der Waals surface area contributed by atoms with E-state index in [0.29, 0.717) is 11.5 Å². The van der Waals surface area contributed by atoms with Crippen molar-refractivity contribution in [1.29, 1.82) is 0 Å². The first-order valence-corrected chi connectivity index (χ1v) is 6.06. The van der Waals surface area contributed by atoms with Crippen molar-refractivity contribution in [2.24, 2.45) is 0 Å². The van der Waals surface area contributed by atoms with Crippen molar-refractivity contribution in [1.82, 2.24) is 10.2 Å². The highest BCUT2D eigenvalue weighted by Gasteiger charge is 2.11. The SMILES string of the molecule is COc1ccc(-c2cc(N)n[nH]c2=O)cc1C(C)C. The van der Waals surface area contributed by atoms with Gasteiger partial charge in [0.25, 0.3) is 5.56 Å². The Bertz CT molecular complexity index is 647. The van der Waals surface area contributed by atoms with E-state index in [9.17, 15) is 4.79 Å². The van der Waals surface area contributed by atoms with Crippen molar-refractivity contribution < 1.29 is 4.74 Å². The smallest absolute Gasteiger partial charge is 0.272 e. The van der Waals surface area contributed by atoms with Gasteiger partial charge in [-0.15, -0.1) is 0 Å². The lowest BCUT2D eigenvalue weighted by atomic mass is 9.97. The van der Waals surface area contributed by atoms with Gasteiger partial charge in [-0.2, -0.15) is 5.10 Å². The fourth-order valence-electron chi connectivity index (χ4n) is 1.99. The van der Waals surface area contributed by atoms with E-state index in [2.05, 4.69) is 24.0 Å². The molecule has 1 aromatic heterocycles. The van der Waals surface area contributed by atoms with Crippen molar-refractivity contribution in [3.05, 3.63) is 40.2 Å². The van der Waals surface area contributed by atoms with Gasteiger partial charge in [0.15, 0.2) is 0 Å². The maximum absolute atomic E-state index is 11.8. The van der Waals surface area contributed by atoms with Crippen molar-refractivity contribution in [2.75, 3.05) is 12.8 Å². The van der Waals surface area contributed by atoms with E-state index >= 15 is 0 Å². The minimum absolute atomic E-state index is 0.255. The molecule has 0 radical (unpaired) electrons. The quantitative estimate of drug-likeness (QED) is 0.885. The van der Waals surface area contributed by atoms with Crippen LogP contribution in [0.5, 0.6) is 5.75 Å². The van der Waals surface area contributed by atoms with Gasteiger partial charge in [0.2, 0.25) is 0 Å². The number of rotatable bonds is 3. The molecule has 5 heteroatoms. The number of hydrogen-bond acceptors (Lipinski definition) is 4. The summed E-state index contributed by atoms with van der Waals surface area (Å²) < 4.78 is 5.33. The summed E-state index contributed by atoms with van der Waals surface area (Å²) in [6.07, 6.45) is 0. The van der Waals surface area contributed by atoms with E-state index in [0.717, 1.165) is 16.9 Å². The second-order valence-corrected chi connectivity index (χ2v) is 4.65. The molecule has 19 heavy (non-hydrogen) atoms. The normalized spacial score (nSPS) is 10.7. The fraction of sp³-hybridized carbons (Fsp3) is 0.286. The molecule has 0 unspecified atom stereocenters. The predicted molar refractivity (Wildman–Crippen MR) is 75.3 cm³/mol. The van der Waals surface area contributed by atoms with Crippen LogP contribution in [0.2, 0.25) is 0 Å². The first-order chi connectivity index (χ1) is 9.02. The van der Waals surface area contributed by atoms with Gasteiger partial charge in [-0.1, -0.05) is 19.9 Å². The number of ether oxygens (including phenoxy) is 1. The summed E-state index contributed by atoms with van der Waals surface area (Å²) in [6, 6.07) is 7.23. The number of methoxy groups -OCH3 is 1. The number of nitrogens with two attached hydrogens (primary N) is 1. The van der Waals surface area contributed by atoms with Crippen LogP contribution in [0.1, 0.15) is 25.3 Å². The minimum atomic E-state index is -0.255. The molecular formula is C14H17N3O2. The van der Waals surface area contributed by atoms with Gasteiger partial charge in [0.05, 0.1) is 12.7 Å². The summed E-state index contributed by atoms with van der Waals surface area (Å²) in [5.74, 6) is 1.40. The van der Waals surface area contributed by atoms with Gasteiger partial charge in [-0.3, -0.25) is 4.79 Å². The lowest BCUT2D eigenvalue weighted by Gasteiger charge is -2.13. The van der Waals surface area contributed by atoms with Crippen molar-refractivity contribution in [3.63, 3.8) is 0 Å². The van der Waals surface area contributed by atoms with Gasteiger partial charge < -0.3 is 10.5 Å². The van der Waals surface area contributed by atoms with Crippen LogP contribution >= 0.6 is 0 Å². The molecule has 0 aliphatic carbocycles. The Morgan fingerprint density at radius 1 is 1.32 bits per heavy atom. The van der Waals surface area contributed by atoms with E-state index in [1.54, 1.807) is 13.2 Å². The number of aromatic amines is 1. The van der Waals surface area contributed by atoms with Crippen LogP contribution in [0.15, 0.2) is 29.1 Å². The summed E-state index contributed by atoms with van der Waals surface area (Å²) in [7, 11) is 1.64. The van der Waals surface area contributed by atoms with Gasteiger partial charge >= 0.3 is 0 Å². The van der Waals surface area contributed by atoms with E-state index in [4.69, 9.17) is 10.5 Å². The third-order valence-electron chi connectivity index (χ3n) is 2.99. The largest absolute Gasteiger partial charge is 0.496 e. The third kappa shape index (κ3) is 2.59. The minimum Gasteiger partial charge on any atom is -0.496 e. The number of benzene rings is 1. The Hall–Kier alpha value is -2.30. The number of nitrogen functional groups attached to an aromatic ring is 1. The van der Waals surface area contributed by atoms with Crippen molar-refractivity contribution in [3.8, 4) is 16.9 Å². The summed E-state index contributed by atoms with van der Waals surface area (Å²) >= 11 is 0. The second-order valence-electron chi connectivity index (χ2n) is 4.65. The average molecular weight is 259 g/mol. The predicted octanol–water partition coefficient (Wildman–Crippen LogP) is 2.15. The van der Waals surface area contributed by atoms with E-state index in [1.807, 2.05) is 18.2 Å². The fourth-order valence-corrected chi connectivity index (χ4v) is 1.99. The molecular weight excluding hydrogens is 242 g/mol. The molecule has 0 aliphatic heterocycles. The number of H-pyrrole nitrogens is 1. The van der Waals surface area contributed by atoms with E-state index in [-0.39, 0.29) is 11.4 Å². The van der Waals surface area contributed by atoms with Gasteiger partial charge in [-0.25, -0.2) is 5.10 Å². The first-order valence-electron chi connectivity index (χ1n) is 6.06. The average Bonchev–Trinajstić information content (AvgIpc) is 2.40. The van der Waals surface area contributed by atoms with Crippen LogP contribution in [0.3, 0.4) is 0 Å². The van der Waals surface area contributed by atoms with Crippen molar-refractivity contribution >= 4 is 5.82 Å². The standard InChI is InChI=1S/C14H17N3O2/c1-8(2)10-6-9(4-5-12(10)19-3)11-7-13(15)16-17-14(11)18/h4-8H,1-3H3,(H2,15,16)(H,17,18). The Balaban J connectivity index is 2.60. The topological polar surface area (TPSA) is 81.0 Å². The van der Waals surface area contributed by atoms with E-state index in [1.165, 1.54) is 0 Å². The molecule has 5 nitrogen and oxygen atoms in total. The lowest BCUT2D eigenvalue weighted by Crippen LogP contribution is -2.12. The molecule has 2 rings (SSSR count). The molecule has 3 N–H and O–H groups in total. The Morgan fingerprint density at radius 3 is 2.68 bits per heavy atom. The molecule has 1 heterocycles. The molecule has 0 atom stereocenters. The molecule has 0 spiro atoms. The zero-order valence-electron chi connectivity index (χ0n) is 11.2. The first kappa shape index (κ1) is 13.1. The van der Waals surface area contributed by atoms with Gasteiger partial charge in [0, 0.05) is 0 Å². The number of aromatic nitrogens is 2. The molecule has 0 aliphatic rings. The third-order valence-corrected chi connectivity index (χ3v) is 2.99. The number of nitrogens with zero attached hydrogens (tertiary/aromatic N) is 1. The molecule has 0 saturated heterocycles. The second kappa shape index (κ2) is 5.14. The van der Waals surface area contributed by atoms with Crippen LogP contribution in [0, 0.1) is 0 Å². The summed E-state index contributed by atoms with van der Waals surface area (Å²) in [5, 5.41) is 6.05. The summed E-state index contributed by atoms with van der Waals surface area (Å²) in [6.45, 7) is 4.15. The molecule has 100 valence electrons. The van der Waals surface area contributed by atoms with Crippen LogP contribution in [0.25, 0.3) is 11.1 Å². The molecule has 0 amide bonds. The highest BCUT2D eigenvalue weighted by Crippen LogP contribution is 2.30. The maximum Gasteiger partial charge on any atom is 0.272 e. The number of anilines is 1. The summed E-state index contributed by atoms with van der Waals surface area (Å²) in [5.41, 5.74) is 7.72. The van der Waals surface area contributed by atoms with Crippen LogP contribution in [-0.2, 0) is 0 Å². The Labute approximate surface area is 111 Å². The highest BCUT2D eigenvalue weighted by atomic mass is 16.5. The Morgan fingerprint density at radius 2 is 2.05 bits per heavy atom. The van der Waals surface area contributed by atoms with Crippen LogP contribution < -0.4 is 16.0 Å². The maximum atomic E-state index is 11.8. The van der Waals surface area contributed by atoms with Crippen molar-refractivity contribution in [2.45, 2.75) is 19.8 Å².